The molecule has 7 heteroatoms. The van der Waals surface area contributed by atoms with Crippen LogP contribution in [0.2, 0.25) is 0 Å². The van der Waals surface area contributed by atoms with Crippen molar-refractivity contribution in [2.24, 2.45) is 11.3 Å². The van der Waals surface area contributed by atoms with Gasteiger partial charge in [0.1, 0.15) is 4.90 Å². The normalized spacial score (nSPS) is 23.6. The minimum atomic E-state index is -3.66. The lowest BCUT2D eigenvalue weighted by Crippen LogP contribution is -2.46. The molecule has 1 amide bonds. The zero-order valence-corrected chi connectivity index (χ0v) is 18.6. The van der Waals surface area contributed by atoms with Gasteiger partial charge >= 0.3 is 0 Å². The number of amides is 1. The Morgan fingerprint density at radius 3 is 2.55 bits per heavy atom. The van der Waals surface area contributed by atoms with Crippen LogP contribution in [0.5, 0.6) is 0 Å². The number of fused-ring (bicyclic) bond motifs is 1. The molecular formula is C24H29N3O3S. The highest BCUT2D eigenvalue weighted by atomic mass is 32.2. The number of carbonyl (C=O) groups is 1. The molecule has 2 aromatic rings. The fourth-order valence-electron chi connectivity index (χ4n) is 5.76. The lowest BCUT2D eigenvalue weighted by molar-refractivity contribution is -0.140. The van der Waals surface area contributed by atoms with Gasteiger partial charge in [-0.25, -0.2) is 8.42 Å². The molecule has 1 aromatic heterocycles. The predicted molar refractivity (Wildman–Crippen MR) is 118 cm³/mol. The van der Waals surface area contributed by atoms with Crippen molar-refractivity contribution in [2.75, 3.05) is 19.6 Å². The third kappa shape index (κ3) is 3.68. The summed E-state index contributed by atoms with van der Waals surface area (Å²) in [6.07, 6.45) is 8.97. The van der Waals surface area contributed by atoms with Crippen LogP contribution in [0.25, 0.3) is 0 Å². The van der Waals surface area contributed by atoms with Crippen LogP contribution in [0, 0.1) is 11.3 Å². The van der Waals surface area contributed by atoms with E-state index in [1.807, 2.05) is 17.0 Å². The molecule has 1 aromatic carbocycles. The molecule has 31 heavy (non-hydrogen) atoms. The number of hydrogen-bond donors (Lipinski definition) is 0. The molecule has 3 aliphatic rings. The topological polar surface area (TPSA) is 70.6 Å². The van der Waals surface area contributed by atoms with Crippen LogP contribution in [-0.2, 0) is 27.8 Å². The number of hydrogen-bond acceptors (Lipinski definition) is 4. The first-order valence-corrected chi connectivity index (χ1v) is 12.7. The molecule has 1 aliphatic carbocycles. The number of sulfonamides is 1. The number of benzene rings is 1. The molecule has 1 spiro atoms. The van der Waals surface area contributed by atoms with Crippen molar-refractivity contribution >= 4 is 15.9 Å². The molecule has 0 N–H and O–H groups in total. The van der Waals surface area contributed by atoms with Gasteiger partial charge in [0.05, 0.1) is 5.92 Å². The Balaban J connectivity index is 1.43. The van der Waals surface area contributed by atoms with Gasteiger partial charge in [-0.1, -0.05) is 43.5 Å². The molecule has 0 radical (unpaired) electrons. The van der Waals surface area contributed by atoms with Crippen LogP contribution in [0.4, 0.5) is 0 Å². The predicted octanol–water partition coefficient (Wildman–Crippen LogP) is 3.24. The maximum Gasteiger partial charge on any atom is 0.244 e. The van der Waals surface area contributed by atoms with Crippen molar-refractivity contribution in [1.82, 2.24) is 14.2 Å². The van der Waals surface area contributed by atoms with Gasteiger partial charge in [-0.3, -0.25) is 9.78 Å². The first-order chi connectivity index (χ1) is 15.0. The second kappa shape index (κ2) is 8.02. The summed E-state index contributed by atoms with van der Waals surface area (Å²) in [5, 5.41) is 0. The summed E-state index contributed by atoms with van der Waals surface area (Å²) >= 11 is 0. The molecular weight excluding hydrogens is 410 g/mol. The zero-order chi connectivity index (χ0) is 21.5. The first kappa shape index (κ1) is 20.6. The van der Waals surface area contributed by atoms with Crippen LogP contribution in [0.15, 0.2) is 53.7 Å². The number of pyridine rings is 1. The summed E-state index contributed by atoms with van der Waals surface area (Å²) in [6, 6.07) is 11.5. The number of rotatable bonds is 3. The molecule has 0 bridgehead atoms. The molecule has 1 saturated heterocycles. The van der Waals surface area contributed by atoms with E-state index < -0.39 is 10.0 Å². The van der Waals surface area contributed by atoms with Crippen molar-refractivity contribution in [1.29, 1.82) is 0 Å². The molecule has 2 aliphatic heterocycles. The van der Waals surface area contributed by atoms with Gasteiger partial charge in [0.15, 0.2) is 0 Å². The Morgan fingerprint density at radius 1 is 1.03 bits per heavy atom. The standard InChI is InChI=1S/C24H29N3O3S/c28-23(26-14-10-19-7-2-3-8-20(19)16-26)22-17-27(18-24(22)11-4-1-5-12-24)31(29,30)21-9-6-13-25-15-21/h2-3,6-9,13,15,22H,1,4-5,10-12,14,16-18H2. The smallest absolute Gasteiger partial charge is 0.244 e. The minimum absolute atomic E-state index is 0.125. The van der Waals surface area contributed by atoms with E-state index in [-0.39, 0.29) is 28.7 Å². The van der Waals surface area contributed by atoms with Gasteiger partial charge in [0.25, 0.3) is 0 Å². The fraction of sp³-hybridized carbons (Fsp3) is 0.500. The maximum atomic E-state index is 13.8. The van der Waals surface area contributed by atoms with Crippen molar-refractivity contribution in [3.05, 3.63) is 59.9 Å². The maximum absolute atomic E-state index is 13.8. The largest absolute Gasteiger partial charge is 0.338 e. The van der Waals surface area contributed by atoms with Crippen LogP contribution in [0.3, 0.4) is 0 Å². The number of carbonyl (C=O) groups excluding carboxylic acids is 1. The van der Waals surface area contributed by atoms with E-state index in [1.165, 1.54) is 17.3 Å². The summed E-state index contributed by atoms with van der Waals surface area (Å²) in [5.41, 5.74) is 2.27. The average Bonchev–Trinajstić information content (AvgIpc) is 3.18. The van der Waals surface area contributed by atoms with Crippen LogP contribution >= 0.6 is 0 Å². The van der Waals surface area contributed by atoms with Crippen molar-refractivity contribution in [3.63, 3.8) is 0 Å². The molecule has 6 nitrogen and oxygen atoms in total. The van der Waals surface area contributed by atoms with Gasteiger partial charge in [0, 0.05) is 38.6 Å². The summed E-state index contributed by atoms with van der Waals surface area (Å²) in [5.74, 6) is -0.148. The highest BCUT2D eigenvalue weighted by molar-refractivity contribution is 7.89. The minimum Gasteiger partial charge on any atom is -0.338 e. The second-order valence-electron chi connectivity index (χ2n) is 9.24. The number of nitrogens with zero attached hydrogens (tertiary/aromatic N) is 3. The van der Waals surface area contributed by atoms with E-state index >= 15 is 0 Å². The average molecular weight is 440 g/mol. The third-order valence-corrected chi connectivity index (χ3v) is 9.27. The summed E-state index contributed by atoms with van der Waals surface area (Å²) in [7, 11) is -3.66. The van der Waals surface area contributed by atoms with E-state index in [2.05, 4.69) is 17.1 Å². The monoisotopic (exact) mass is 439 g/mol. The molecule has 2 fully saturated rings. The van der Waals surface area contributed by atoms with Crippen molar-refractivity contribution in [3.8, 4) is 0 Å². The summed E-state index contributed by atoms with van der Waals surface area (Å²) in [6.45, 7) is 2.04. The van der Waals surface area contributed by atoms with Gasteiger partial charge in [0.2, 0.25) is 15.9 Å². The zero-order valence-electron chi connectivity index (χ0n) is 17.7. The Hall–Kier alpha value is -2.25. The highest BCUT2D eigenvalue weighted by Gasteiger charge is 2.54. The first-order valence-electron chi connectivity index (χ1n) is 11.3. The van der Waals surface area contributed by atoms with Crippen molar-refractivity contribution < 1.29 is 13.2 Å². The molecule has 1 saturated carbocycles. The van der Waals surface area contributed by atoms with Crippen LogP contribution in [0.1, 0.15) is 43.2 Å². The van der Waals surface area contributed by atoms with Crippen molar-refractivity contribution in [2.45, 2.75) is 50.0 Å². The Morgan fingerprint density at radius 2 is 1.81 bits per heavy atom. The van der Waals surface area contributed by atoms with E-state index in [4.69, 9.17) is 0 Å². The Bertz CT molecular complexity index is 1060. The second-order valence-corrected chi connectivity index (χ2v) is 11.2. The van der Waals surface area contributed by atoms with Gasteiger partial charge < -0.3 is 4.90 Å². The van der Waals surface area contributed by atoms with E-state index in [0.29, 0.717) is 19.6 Å². The third-order valence-electron chi connectivity index (χ3n) is 7.48. The SMILES string of the molecule is O=C(C1CN(S(=O)(=O)c2cccnc2)CC12CCCCC2)N1CCc2ccccc2C1. The molecule has 3 heterocycles. The summed E-state index contributed by atoms with van der Waals surface area (Å²) in [4.78, 5) is 20.0. The fourth-order valence-corrected chi connectivity index (χ4v) is 7.28. The Labute approximate surface area is 184 Å². The lowest BCUT2D eigenvalue weighted by Gasteiger charge is -2.40. The molecule has 1 atom stereocenters. The highest BCUT2D eigenvalue weighted by Crippen LogP contribution is 2.49. The van der Waals surface area contributed by atoms with Gasteiger partial charge in [-0.15, -0.1) is 0 Å². The lowest BCUT2D eigenvalue weighted by atomic mass is 9.67. The number of aromatic nitrogens is 1. The summed E-state index contributed by atoms with van der Waals surface area (Å²) < 4.78 is 28.2. The van der Waals surface area contributed by atoms with E-state index in [1.54, 1.807) is 22.6 Å². The molecule has 1 unspecified atom stereocenters. The Kier molecular flexibility index (Phi) is 5.34. The quantitative estimate of drug-likeness (QED) is 0.736. The molecule has 5 rings (SSSR count). The van der Waals surface area contributed by atoms with E-state index in [9.17, 15) is 13.2 Å². The van der Waals surface area contributed by atoms with Crippen LogP contribution < -0.4 is 0 Å². The van der Waals surface area contributed by atoms with Gasteiger partial charge in [-0.2, -0.15) is 4.31 Å². The molecule has 164 valence electrons. The van der Waals surface area contributed by atoms with Gasteiger partial charge in [-0.05, 0) is 47.9 Å². The van der Waals surface area contributed by atoms with Crippen LogP contribution in [-0.4, -0.2) is 48.1 Å². The van der Waals surface area contributed by atoms with E-state index in [0.717, 1.165) is 38.5 Å².